The van der Waals surface area contributed by atoms with E-state index in [1.54, 1.807) is 38.1 Å². The fourth-order valence-corrected chi connectivity index (χ4v) is 2.45. The number of hydrogen-bond acceptors (Lipinski definition) is 4. The molecule has 3 N–H and O–H groups in total. The van der Waals surface area contributed by atoms with Crippen molar-refractivity contribution >= 4 is 29.3 Å². The number of amides is 3. The summed E-state index contributed by atoms with van der Waals surface area (Å²) in [5, 5.41) is 7.84. The number of esters is 1. The average Bonchev–Trinajstić information content (AvgIpc) is 2.67. The first kappa shape index (κ1) is 20.9. The van der Waals surface area contributed by atoms with Crippen LogP contribution < -0.4 is 16.0 Å². The molecular weight excluding hydrogens is 365 g/mol. The van der Waals surface area contributed by atoms with E-state index in [0.29, 0.717) is 5.69 Å². The molecule has 0 aromatic heterocycles. The Bertz CT molecular complexity index is 856. The molecule has 2 aromatic rings. The van der Waals surface area contributed by atoms with Crippen molar-refractivity contribution in [1.29, 1.82) is 0 Å². The van der Waals surface area contributed by atoms with Gasteiger partial charge in [0.15, 0.2) is 0 Å². The van der Waals surface area contributed by atoms with Gasteiger partial charge in [0, 0.05) is 11.4 Å². The molecular formula is C20H22FN3O4. The second kappa shape index (κ2) is 9.50. The van der Waals surface area contributed by atoms with Gasteiger partial charge in [0.05, 0.1) is 12.7 Å². The van der Waals surface area contributed by atoms with Gasteiger partial charge in [0.2, 0.25) is 5.91 Å². The summed E-state index contributed by atoms with van der Waals surface area (Å²) in [6, 6.07) is 11.0. The molecule has 3 amide bonds. The molecule has 148 valence electrons. The smallest absolute Gasteiger partial charge is 0.340 e. The van der Waals surface area contributed by atoms with Gasteiger partial charge in [-0.2, -0.15) is 0 Å². The summed E-state index contributed by atoms with van der Waals surface area (Å²) < 4.78 is 18.2. The van der Waals surface area contributed by atoms with Crippen LogP contribution in [0.4, 0.5) is 20.6 Å². The van der Waals surface area contributed by atoms with Crippen molar-refractivity contribution in [3.8, 4) is 0 Å². The molecule has 0 spiro atoms. The molecule has 1 atom stereocenters. The first-order valence-electron chi connectivity index (χ1n) is 8.63. The van der Waals surface area contributed by atoms with Gasteiger partial charge in [-0.25, -0.2) is 14.0 Å². The number of benzene rings is 2. The molecule has 0 heterocycles. The van der Waals surface area contributed by atoms with Crippen LogP contribution >= 0.6 is 0 Å². The number of para-hydroxylation sites is 1. The third-order valence-electron chi connectivity index (χ3n) is 3.91. The van der Waals surface area contributed by atoms with E-state index in [-0.39, 0.29) is 17.2 Å². The van der Waals surface area contributed by atoms with E-state index < -0.39 is 29.8 Å². The number of hydrogen-bond donors (Lipinski definition) is 3. The molecule has 8 heteroatoms. The van der Waals surface area contributed by atoms with Gasteiger partial charge >= 0.3 is 12.0 Å². The fourth-order valence-electron chi connectivity index (χ4n) is 2.45. The van der Waals surface area contributed by atoms with Gasteiger partial charge in [-0.1, -0.05) is 32.0 Å². The van der Waals surface area contributed by atoms with E-state index in [0.717, 1.165) is 13.2 Å². The summed E-state index contributed by atoms with van der Waals surface area (Å²) in [5.74, 6) is -2.33. The molecule has 0 bridgehead atoms. The zero-order chi connectivity index (χ0) is 20.7. The molecule has 2 aromatic carbocycles. The van der Waals surface area contributed by atoms with E-state index in [2.05, 4.69) is 20.7 Å². The molecule has 1 unspecified atom stereocenters. The largest absolute Gasteiger partial charge is 0.465 e. The predicted octanol–water partition coefficient (Wildman–Crippen LogP) is 3.40. The van der Waals surface area contributed by atoms with Gasteiger partial charge in [-0.3, -0.25) is 4.79 Å². The molecule has 0 fully saturated rings. The summed E-state index contributed by atoms with van der Waals surface area (Å²) in [7, 11) is 1.14. The Hall–Kier alpha value is -3.42. The number of methoxy groups -OCH3 is 1. The monoisotopic (exact) mass is 387 g/mol. The number of ether oxygens (including phenoxy) is 1. The minimum absolute atomic E-state index is 0.211. The van der Waals surface area contributed by atoms with Gasteiger partial charge in [0.1, 0.15) is 11.9 Å². The van der Waals surface area contributed by atoms with Gasteiger partial charge in [-0.05, 0) is 36.2 Å². The van der Waals surface area contributed by atoms with Crippen LogP contribution in [-0.4, -0.2) is 31.1 Å². The first-order chi connectivity index (χ1) is 13.3. The molecule has 0 saturated carbocycles. The summed E-state index contributed by atoms with van der Waals surface area (Å²) in [4.78, 5) is 36.4. The number of nitrogens with one attached hydrogen (secondary N) is 3. The van der Waals surface area contributed by atoms with Crippen LogP contribution in [0.25, 0.3) is 0 Å². The second-order valence-electron chi connectivity index (χ2n) is 6.36. The van der Waals surface area contributed by atoms with Gasteiger partial charge in [0.25, 0.3) is 0 Å². The highest BCUT2D eigenvalue weighted by Crippen LogP contribution is 2.17. The Kier molecular flexibility index (Phi) is 7.08. The van der Waals surface area contributed by atoms with E-state index >= 15 is 0 Å². The molecule has 0 radical (unpaired) electrons. The van der Waals surface area contributed by atoms with Crippen LogP contribution in [0, 0.1) is 11.7 Å². The van der Waals surface area contributed by atoms with E-state index in [4.69, 9.17) is 0 Å². The standard InChI is InChI=1S/C20H22FN3O4/c1-12(2)17(24-20(27)23-13-7-5-4-6-8-13)18(25)22-14-9-10-16(21)15(11-14)19(26)28-3/h4-12,17H,1-3H3,(H,22,25)(H2,23,24,27). The molecule has 0 aliphatic rings. The number of anilines is 2. The maximum absolute atomic E-state index is 13.7. The van der Waals surface area contributed by atoms with Crippen molar-refractivity contribution in [1.82, 2.24) is 5.32 Å². The third-order valence-corrected chi connectivity index (χ3v) is 3.91. The quantitative estimate of drug-likeness (QED) is 0.662. The maximum atomic E-state index is 13.7. The number of halogens is 1. The maximum Gasteiger partial charge on any atom is 0.340 e. The second-order valence-corrected chi connectivity index (χ2v) is 6.36. The van der Waals surface area contributed by atoms with Gasteiger partial charge in [-0.15, -0.1) is 0 Å². The Balaban J connectivity index is 2.08. The molecule has 0 saturated heterocycles. The Morgan fingerprint density at radius 3 is 2.25 bits per heavy atom. The predicted molar refractivity (Wildman–Crippen MR) is 104 cm³/mol. The van der Waals surface area contributed by atoms with E-state index in [9.17, 15) is 18.8 Å². The van der Waals surface area contributed by atoms with Crippen molar-refractivity contribution in [2.24, 2.45) is 5.92 Å². The highest BCUT2D eigenvalue weighted by Gasteiger charge is 2.25. The first-order valence-corrected chi connectivity index (χ1v) is 8.63. The Labute approximate surface area is 162 Å². The number of carbonyl (C=O) groups is 3. The SMILES string of the molecule is COC(=O)c1cc(NC(=O)C(NC(=O)Nc2ccccc2)C(C)C)ccc1F. The van der Waals surface area contributed by atoms with Crippen LogP contribution in [0.5, 0.6) is 0 Å². The lowest BCUT2D eigenvalue weighted by Crippen LogP contribution is -2.48. The summed E-state index contributed by atoms with van der Waals surface area (Å²) in [5.41, 5.74) is 0.503. The minimum Gasteiger partial charge on any atom is -0.465 e. The van der Waals surface area contributed by atoms with Crippen molar-refractivity contribution in [3.63, 3.8) is 0 Å². The molecule has 0 aliphatic carbocycles. The normalized spacial score (nSPS) is 11.5. The van der Waals surface area contributed by atoms with Crippen molar-refractivity contribution in [2.45, 2.75) is 19.9 Å². The van der Waals surface area contributed by atoms with Crippen LogP contribution in [0.15, 0.2) is 48.5 Å². The van der Waals surface area contributed by atoms with Crippen LogP contribution in [0.2, 0.25) is 0 Å². The van der Waals surface area contributed by atoms with E-state index in [1.807, 2.05) is 6.07 Å². The van der Waals surface area contributed by atoms with Crippen molar-refractivity contribution in [2.75, 3.05) is 17.7 Å². The van der Waals surface area contributed by atoms with Gasteiger partial charge < -0.3 is 20.7 Å². The number of rotatable bonds is 6. The number of urea groups is 1. The number of carbonyl (C=O) groups excluding carboxylic acids is 3. The molecule has 7 nitrogen and oxygen atoms in total. The lowest BCUT2D eigenvalue weighted by atomic mass is 10.0. The lowest BCUT2D eigenvalue weighted by Gasteiger charge is -2.22. The highest BCUT2D eigenvalue weighted by molar-refractivity contribution is 6.00. The van der Waals surface area contributed by atoms with Crippen molar-refractivity contribution in [3.05, 3.63) is 59.9 Å². The molecule has 2 rings (SSSR count). The van der Waals surface area contributed by atoms with Crippen molar-refractivity contribution < 1.29 is 23.5 Å². The lowest BCUT2D eigenvalue weighted by molar-refractivity contribution is -0.118. The average molecular weight is 387 g/mol. The third kappa shape index (κ3) is 5.54. The zero-order valence-corrected chi connectivity index (χ0v) is 15.8. The molecule has 0 aliphatic heterocycles. The summed E-state index contributed by atoms with van der Waals surface area (Å²) >= 11 is 0. The Morgan fingerprint density at radius 2 is 1.64 bits per heavy atom. The van der Waals surface area contributed by atoms with Crippen LogP contribution in [0.3, 0.4) is 0 Å². The molecule has 28 heavy (non-hydrogen) atoms. The van der Waals surface area contributed by atoms with E-state index in [1.165, 1.54) is 12.1 Å². The fraction of sp³-hybridized carbons (Fsp3) is 0.250. The highest BCUT2D eigenvalue weighted by atomic mass is 19.1. The summed E-state index contributed by atoms with van der Waals surface area (Å²) in [6.45, 7) is 3.55. The summed E-state index contributed by atoms with van der Waals surface area (Å²) in [6.07, 6.45) is 0. The zero-order valence-electron chi connectivity index (χ0n) is 15.8. The van der Waals surface area contributed by atoms with Crippen LogP contribution in [-0.2, 0) is 9.53 Å². The topological polar surface area (TPSA) is 96.5 Å². The minimum atomic E-state index is -0.852. The Morgan fingerprint density at radius 1 is 0.964 bits per heavy atom. The van der Waals surface area contributed by atoms with Crippen LogP contribution in [0.1, 0.15) is 24.2 Å².